The smallest absolute Gasteiger partial charge is 0.292 e. The average molecular weight is 294 g/mol. The molecule has 0 aromatic heterocycles. The maximum atomic E-state index is 11.3. The Bertz CT molecular complexity index is 502. The summed E-state index contributed by atoms with van der Waals surface area (Å²) in [5.41, 5.74) is 1.21. The number of hydrogen-bond donors (Lipinski definition) is 1. The molecule has 1 heterocycles. The molecule has 0 bridgehead atoms. The molecule has 1 aromatic rings. The van der Waals surface area contributed by atoms with Crippen LogP contribution < -0.4 is 4.90 Å². The van der Waals surface area contributed by atoms with E-state index in [1.165, 1.54) is 6.07 Å². The number of ether oxygens (including phenoxy) is 1. The zero-order chi connectivity index (χ0) is 15.4. The SMILES string of the molecule is CCOC1CCCN(c2ccc([C@@H](C)O)cc2[N+](=O)[O-])C1. The van der Waals surface area contributed by atoms with Gasteiger partial charge in [-0.15, -0.1) is 0 Å². The Morgan fingerprint density at radius 3 is 2.95 bits per heavy atom. The number of nitro benzene ring substituents is 1. The molecular weight excluding hydrogens is 272 g/mol. The lowest BCUT2D eigenvalue weighted by Gasteiger charge is -2.33. The molecule has 116 valence electrons. The molecule has 1 unspecified atom stereocenters. The van der Waals surface area contributed by atoms with E-state index in [0.717, 1.165) is 19.4 Å². The van der Waals surface area contributed by atoms with Gasteiger partial charge in [0, 0.05) is 25.8 Å². The first-order valence-electron chi connectivity index (χ1n) is 7.36. The Balaban J connectivity index is 2.27. The highest BCUT2D eigenvalue weighted by molar-refractivity contribution is 5.64. The van der Waals surface area contributed by atoms with Crippen LogP contribution in [0.25, 0.3) is 0 Å². The molecule has 1 saturated heterocycles. The number of anilines is 1. The van der Waals surface area contributed by atoms with Gasteiger partial charge in [0.05, 0.1) is 17.1 Å². The van der Waals surface area contributed by atoms with E-state index in [-0.39, 0.29) is 16.7 Å². The van der Waals surface area contributed by atoms with Crippen molar-refractivity contribution in [3.63, 3.8) is 0 Å². The van der Waals surface area contributed by atoms with Gasteiger partial charge in [-0.3, -0.25) is 10.1 Å². The summed E-state index contributed by atoms with van der Waals surface area (Å²) in [5, 5.41) is 20.9. The Kier molecular flexibility index (Phi) is 5.14. The Morgan fingerprint density at radius 2 is 2.33 bits per heavy atom. The minimum atomic E-state index is -0.713. The number of nitrogens with zero attached hydrogens (tertiary/aromatic N) is 2. The lowest BCUT2D eigenvalue weighted by atomic mass is 10.0. The normalized spacial score (nSPS) is 20.3. The van der Waals surface area contributed by atoms with Crippen molar-refractivity contribution in [1.29, 1.82) is 0 Å². The standard InChI is InChI=1S/C15H22N2O4/c1-3-21-13-5-4-8-16(10-13)14-7-6-12(11(2)18)9-15(14)17(19)20/h6-7,9,11,13,18H,3-5,8,10H2,1-2H3/t11-,13?/m1/s1. The van der Waals surface area contributed by atoms with Crippen LogP contribution in [0.2, 0.25) is 0 Å². The van der Waals surface area contributed by atoms with Crippen LogP contribution in [-0.4, -0.2) is 35.8 Å². The molecule has 1 fully saturated rings. The second kappa shape index (κ2) is 6.87. The van der Waals surface area contributed by atoms with E-state index in [1.54, 1.807) is 19.1 Å². The molecule has 1 aliphatic rings. The maximum absolute atomic E-state index is 11.3. The van der Waals surface area contributed by atoms with Gasteiger partial charge in [-0.25, -0.2) is 0 Å². The van der Waals surface area contributed by atoms with Crippen molar-refractivity contribution < 1.29 is 14.8 Å². The molecule has 2 rings (SSSR count). The van der Waals surface area contributed by atoms with E-state index in [4.69, 9.17) is 4.74 Å². The summed E-state index contributed by atoms with van der Waals surface area (Å²) in [6.07, 6.45) is 1.36. The lowest BCUT2D eigenvalue weighted by molar-refractivity contribution is -0.384. The number of aliphatic hydroxyl groups is 1. The van der Waals surface area contributed by atoms with E-state index in [9.17, 15) is 15.2 Å². The van der Waals surface area contributed by atoms with E-state index in [0.29, 0.717) is 24.4 Å². The monoisotopic (exact) mass is 294 g/mol. The first-order valence-corrected chi connectivity index (χ1v) is 7.36. The molecule has 6 heteroatoms. The van der Waals surface area contributed by atoms with Gasteiger partial charge in [-0.2, -0.15) is 0 Å². The minimum Gasteiger partial charge on any atom is -0.389 e. The van der Waals surface area contributed by atoms with Gasteiger partial charge in [-0.05, 0) is 38.3 Å². The van der Waals surface area contributed by atoms with Crippen molar-refractivity contribution in [1.82, 2.24) is 0 Å². The van der Waals surface area contributed by atoms with Crippen molar-refractivity contribution in [2.75, 3.05) is 24.6 Å². The predicted octanol–water partition coefficient (Wildman–Crippen LogP) is 2.65. The third kappa shape index (κ3) is 3.71. The zero-order valence-corrected chi connectivity index (χ0v) is 12.5. The zero-order valence-electron chi connectivity index (χ0n) is 12.5. The molecule has 0 spiro atoms. The van der Waals surface area contributed by atoms with E-state index >= 15 is 0 Å². The van der Waals surface area contributed by atoms with Crippen LogP contribution in [0.4, 0.5) is 11.4 Å². The summed E-state index contributed by atoms with van der Waals surface area (Å²) in [6, 6.07) is 4.94. The Hall–Kier alpha value is -1.66. The molecule has 2 atom stereocenters. The molecule has 1 aromatic carbocycles. The van der Waals surface area contributed by atoms with Crippen LogP contribution in [0.3, 0.4) is 0 Å². The second-order valence-corrected chi connectivity index (χ2v) is 5.35. The van der Waals surface area contributed by atoms with Gasteiger partial charge in [0.15, 0.2) is 0 Å². The molecule has 0 amide bonds. The Morgan fingerprint density at radius 1 is 1.57 bits per heavy atom. The fourth-order valence-electron chi connectivity index (χ4n) is 2.74. The highest BCUT2D eigenvalue weighted by Crippen LogP contribution is 2.33. The first-order chi connectivity index (χ1) is 10.0. The van der Waals surface area contributed by atoms with Gasteiger partial charge >= 0.3 is 0 Å². The fourth-order valence-corrected chi connectivity index (χ4v) is 2.74. The number of benzene rings is 1. The third-order valence-electron chi connectivity index (χ3n) is 3.80. The number of aliphatic hydroxyl groups excluding tert-OH is 1. The van der Waals surface area contributed by atoms with Crippen molar-refractivity contribution in [2.45, 2.75) is 38.9 Å². The van der Waals surface area contributed by atoms with Gasteiger partial charge in [0.25, 0.3) is 5.69 Å². The number of hydrogen-bond acceptors (Lipinski definition) is 5. The molecule has 1 N–H and O–H groups in total. The lowest BCUT2D eigenvalue weighted by Crippen LogP contribution is -2.40. The first kappa shape index (κ1) is 15.7. The van der Waals surface area contributed by atoms with E-state index in [1.807, 2.05) is 11.8 Å². The molecule has 1 aliphatic heterocycles. The number of nitro groups is 1. The molecule has 21 heavy (non-hydrogen) atoms. The van der Waals surface area contributed by atoms with Crippen LogP contribution >= 0.6 is 0 Å². The van der Waals surface area contributed by atoms with Gasteiger partial charge in [-0.1, -0.05) is 6.07 Å². The topological polar surface area (TPSA) is 75.8 Å². The van der Waals surface area contributed by atoms with Crippen LogP contribution in [0.1, 0.15) is 38.4 Å². The minimum absolute atomic E-state index is 0.0468. The van der Waals surface area contributed by atoms with Gasteiger partial charge in [0.1, 0.15) is 5.69 Å². The summed E-state index contributed by atoms with van der Waals surface area (Å²) in [4.78, 5) is 12.9. The van der Waals surface area contributed by atoms with E-state index in [2.05, 4.69) is 0 Å². The summed E-state index contributed by atoms with van der Waals surface area (Å²) >= 11 is 0. The fraction of sp³-hybridized carbons (Fsp3) is 0.600. The quantitative estimate of drug-likeness (QED) is 0.667. The van der Waals surface area contributed by atoms with Crippen LogP contribution in [0.15, 0.2) is 18.2 Å². The summed E-state index contributed by atoms with van der Waals surface area (Å²) in [6.45, 7) is 5.67. The number of piperidine rings is 1. The summed E-state index contributed by atoms with van der Waals surface area (Å²) in [5.74, 6) is 0. The Labute approximate surface area is 124 Å². The highest BCUT2D eigenvalue weighted by Gasteiger charge is 2.26. The van der Waals surface area contributed by atoms with Crippen molar-refractivity contribution in [3.8, 4) is 0 Å². The van der Waals surface area contributed by atoms with Crippen molar-refractivity contribution in [2.24, 2.45) is 0 Å². The number of rotatable bonds is 5. The largest absolute Gasteiger partial charge is 0.389 e. The second-order valence-electron chi connectivity index (χ2n) is 5.35. The molecular formula is C15H22N2O4. The summed E-state index contributed by atoms with van der Waals surface area (Å²) in [7, 11) is 0. The van der Waals surface area contributed by atoms with Crippen molar-refractivity contribution >= 4 is 11.4 Å². The highest BCUT2D eigenvalue weighted by atomic mass is 16.6. The average Bonchev–Trinajstić information content (AvgIpc) is 2.47. The van der Waals surface area contributed by atoms with Crippen LogP contribution in [0.5, 0.6) is 0 Å². The molecule has 0 aliphatic carbocycles. The molecule has 6 nitrogen and oxygen atoms in total. The maximum Gasteiger partial charge on any atom is 0.292 e. The van der Waals surface area contributed by atoms with Crippen molar-refractivity contribution in [3.05, 3.63) is 33.9 Å². The third-order valence-corrected chi connectivity index (χ3v) is 3.80. The molecule has 0 saturated carbocycles. The van der Waals surface area contributed by atoms with Gasteiger partial charge < -0.3 is 14.7 Å². The summed E-state index contributed by atoms with van der Waals surface area (Å²) < 4.78 is 5.65. The van der Waals surface area contributed by atoms with E-state index < -0.39 is 6.10 Å². The van der Waals surface area contributed by atoms with Gasteiger partial charge in [0.2, 0.25) is 0 Å². The molecule has 0 radical (unpaired) electrons. The van der Waals surface area contributed by atoms with Crippen LogP contribution in [0, 0.1) is 10.1 Å². The predicted molar refractivity (Wildman–Crippen MR) is 80.6 cm³/mol. The van der Waals surface area contributed by atoms with Crippen LogP contribution in [-0.2, 0) is 4.74 Å².